The van der Waals surface area contributed by atoms with E-state index in [1.54, 1.807) is 26.2 Å². The molecule has 38 heavy (non-hydrogen) atoms. The van der Waals surface area contributed by atoms with Crippen molar-refractivity contribution in [2.45, 2.75) is 25.9 Å². The Morgan fingerprint density at radius 3 is 2.66 bits per heavy atom. The first-order valence-corrected chi connectivity index (χ1v) is 13.4. The molecular formula is C28H33FN4O4S. The van der Waals surface area contributed by atoms with Gasteiger partial charge in [-0.1, -0.05) is 12.2 Å². The molecular weight excluding hydrogens is 507 g/mol. The number of nitrogens with one attached hydrogen (secondary N) is 1. The van der Waals surface area contributed by atoms with Gasteiger partial charge >= 0.3 is 6.09 Å². The van der Waals surface area contributed by atoms with E-state index in [4.69, 9.17) is 21.7 Å². The first kappa shape index (κ1) is 26.4. The van der Waals surface area contributed by atoms with Gasteiger partial charge in [0, 0.05) is 44.2 Å². The standard InChI is InChI=1S/C28H33FN4O4S/c1-18(38)30-15-23-17-33(28(35)37-23)21-5-8-26(25(29)14-21)32-11-9-31(10-12-32)16-20-4-3-19-13-22(36-2)6-7-24(19)27(20)34/h5-8,13-14,20,23H,3-4,9-12,15-17H2,1-2H3,(H,30,38). The van der Waals surface area contributed by atoms with Gasteiger partial charge in [-0.15, -0.1) is 0 Å². The zero-order valence-corrected chi connectivity index (χ0v) is 22.6. The van der Waals surface area contributed by atoms with Crippen LogP contribution in [0, 0.1) is 11.7 Å². The monoisotopic (exact) mass is 540 g/mol. The maximum Gasteiger partial charge on any atom is 0.414 e. The van der Waals surface area contributed by atoms with Crippen LogP contribution in [0.3, 0.4) is 0 Å². The Kier molecular flexibility index (Phi) is 7.80. The predicted molar refractivity (Wildman–Crippen MR) is 148 cm³/mol. The summed E-state index contributed by atoms with van der Waals surface area (Å²) >= 11 is 5.01. The van der Waals surface area contributed by atoms with Crippen molar-refractivity contribution in [2.24, 2.45) is 5.92 Å². The number of methoxy groups -OCH3 is 1. The van der Waals surface area contributed by atoms with Gasteiger partial charge in [0.15, 0.2) is 5.78 Å². The average molecular weight is 541 g/mol. The first-order chi connectivity index (χ1) is 18.3. The van der Waals surface area contributed by atoms with E-state index in [-0.39, 0.29) is 23.6 Å². The van der Waals surface area contributed by atoms with Crippen LogP contribution in [-0.2, 0) is 11.2 Å². The molecule has 1 aliphatic carbocycles. The molecule has 10 heteroatoms. The van der Waals surface area contributed by atoms with E-state index in [1.807, 2.05) is 23.1 Å². The largest absolute Gasteiger partial charge is 0.497 e. The SMILES string of the molecule is COc1ccc2c(c1)CCC(CN1CCN(c3ccc(N4CC(CNC(C)=S)OC4=O)cc3F)CC1)C2=O. The van der Waals surface area contributed by atoms with Gasteiger partial charge in [0.1, 0.15) is 17.7 Å². The molecule has 2 aromatic carbocycles. The second-order valence-electron chi connectivity index (χ2n) is 10.1. The van der Waals surface area contributed by atoms with Crippen LogP contribution in [0.4, 0.5) is 20.6 Å². The van der Waals surface area contributed by atoms with Crippen molar-refractivity contribution in [2.75, 3.05) is 62.7 Å². The molecule has 2 heterocycles. The maximum atomic E-state index is 15.2. The van der Waals surface area contributed by atoms with Crippen LogP contribution in [0.25, 0.3) is 0 Å². The molecule has 3 aliphatic rings. The normalized spacial score (nSPS) is 21.8. The minimum Gasteiger partial charge on any atom is -0.497 e. The predicted octanol–water partition coefficient (Wildman–Crippen LogP) is 3.66. The Balaban J connectivity index is 1.15. The quantitative estimate of drug-likeness (QED) is 0.534. The summed E-state index contributed by atoms with van der Waals surface area (Å²) in [4.78, 5) is 31.8. The number of anilines is 2. The number of benzene rings is 2. The van der Waals surface area contributed by atoms with Crippen molar-refractivity contribution in [1.82, 2.24) is 10.2 Å². The maximum absolute atomic E-state index is 15.2. The topological polar surface area (TPSA) is 74.4 Å². The number of rotatable bonds is 7. The van der Waals surface area contributed by atoms with Crippen molar-refractivity contribution in [3.8, 4) is 5.75 Å². The summed E-state index contributed by atoms with van der Waals surface area (Å²) in [5.41, 5.74) is 2.87. The molecule has 202 valence electrons. The van der Waals surface area contributed by atoms with Crippen molar-refractivity contribution in [3.05, 3.63) is 53.3 Å². The molecule has 2 fully saturated rings. The molecule has 8 nitrogen and oxygen atoms in total. The number of aryl methyl sites for hydroxylation is 1. The summed E-state index contributed by atoms with van der Waals surface area (Å²) in [7, 11) is 1.64. The summed E-state index contributed by atoms with van der Waals surface area (Å²) in [6, 6.07) is 10.6. The van der Waals surface area contributed by atoms with E-state index in [0.717, 1.165) is 49.4 Å². The highest BCUT2D eigenvalue weighted by Crippen LogP contribution is 2.31. The van der Waals surface area contributed by atoms with E-state index in [2.05, 4.69) is 10.2 Å². The van der Waals surface area contributed by atoms with Crippen LogP contribution in [0.15, 0.2) is 36.4 Å². The highest BCUT2D eigenvalue weighted by Gasteiger charge is 2.33. The Labute approximate surface area is 227 Å². The molecule has 0 bridgehead atoms. The summed E-state index contributed by atoms with van der Waals surface area (Å²) in [6.07, 6.45) is 0.868. The van der Waals surface area contributed by atoms with Gasteiger partial charge in [0.2, 0.25) is 0 Å². The number of hydrogen-bond donors (Lipinski definition) is 1. The number of cyclic esters (lactones) is 1. The lowest BCUT2D eigenvalue weighted by atomic mass is 9.82. The number of fused-ring (bicyclic) bond motifs is 1. The molecule has 2 atom stereocenters. The summed E-state index contributed by atoms with van der Waals surface area (Å²) in [5, 5.41) is 3.00. The van der Waals surface area contributed by atoms with Crippen LogP contribution in [-0.4, -0.2) is 80.8 Å². The number of hydrogen-bond acceptors (Lipinski definition) is 7. The van der Waals surface area contributed by atoms with Crippen LogP contribution in [0.5, 0.6) is 5.75 Å². The number of Topliss-reactive ketones (excluding diaryl/α,β-unsaturated/α-hetero) is 1. The fraction of sp³-hybridized carbons (Fsp3) is 0.464. The molecule has 2 aromatic rings. The second-order valence-corrected chi connectivity index (χ2v) is 10.7. The van der Waals surface area contributed by atoms with Crippen LogP contribution < -0.4 is 19.9 Å². The first-order valence-electron chi connectivity index (χ1n) is 13.0. The molecule has 2 saturated heterocycles. The Hall–Kier alpha value is -3.24. The van der Waals surface area contributed by atoms with Crippen LogP contribution in [0.1, 0.15) is 29.3 Å². The molecule has 5 rings (SSSR count). The summed E-state index contributed by atoms with van der Waals surface area (Å²) < 4.78 is 25.8. The summed E-state index contributed by atoms with van der Waals surface area (Å²) in [6.45, 7) is 6.10. The van der Waals surface area contributed by atoms with E-state index in [1.165, 1.54) is 11.0 Å². The third kappa shape index (κ3) is 5.61. The van der Waals surface area contributed by atoms with E-state index >= 15 is 4.39 Å². The number of carbonyl (C=O) groups is 2. The number of carbonyl (C=O) groups excluding carboxylic acids is 2. The highest BCUT2D eigenvalue weighted by molar-refractivity contribution is 7.80. The highest BCUT2D eigenvalue weighted by atomic mass is 32.1. The fourth-order valence-corrected chi connectivity index (χ4v) is 5.58. The van der Waals surface area contributed by atoms with E-state index in [0.29, 0.717) is 42.5 Å². The third-order valence-corrected chi connectivity index (χ3v) is 7.74. The minimum absolute atomic E-state index is 0.0226. The number of amides is 1. The number of ketones is 1. The van der Waals surface area contributed by atoms with Crippen molar-refractivity contribution >= 4 is 40.5 Å². The third-order valence-electron chi connectivity index (χ3n) is 7.60. The molecule has 1 amide bonds. The number of ether oxygens (including phenoxy) is 2. The smallest absolute Gasteiger partial charge is 0.414 e. The molecule has 2 unspecified atom stereocenters. The lowest BCUT2D eigenvalue weighted by Crippen LogP contribution is -2.49. The Morgan fingerprint density at radius 1 is 1.16 bits per heavy atom. The summed E-state index contributed by atoms with van der Waals surface area (Å²) in [5.74, 6) is 0.597. The van der Waals surface area contributed by atoms with Gasteiger partial charge in [-0.25, -0.2) is 9.18 Å². The van der Waals surface area contributed by atoms with Gasteiger partial charge in [0.05, 0.1) is 36.6 Å². The van der Waals surface area contributed by atoms with Gasteiger partial charge < -0.3 is 19.7 Å². The minimum atomic E-state index is -0.487. The van der Waals surface area contributed by atoms with Crippen LogP contribution >= 0.6 is 12.2 Å². The number of piperazine rings is 1. The van der Waals surface area contributed by atoms with Gasteiger partial charge in [0.25, 0.3) is 0 Å². The number of halogens is 1. The molecule has 0 saturated carbocycles. The van der Waals surface area contributed by atoms with Gasteiger partial charge in [-0.05, 0) is 61.7 Å². The zero-order chi connectivity index (χ0) is 26.8. The molecule has 0 spiro atoms. The van der Waals surface area contributed by atoms with Crippen molar-refractivity contribution < 1.29 is 23.5 Å². The number of nitrogens with zero attached hydrogens (tertiary/aromatic N) is 3. The van der Waals surface area contributed by atoms with E-state index < -0.39 is 6.09 Å². The Bertz CT molecular complexity index is 1230. The lowest BCUT2D eigenvalue weighted by molar-refractivity contribution is 0.0854. The van der Waals surface area contributed by atoms with Gasteiger partial charge in [-0.2, -0.15) is 0 Å². The van der Waals surface area contributed by atoms with Crippen molar-refractivity contribution in [1.29, 1.82) is 0 Å². The fourth-order valence-electron chi connectivity index (χ4n) is 5.50. The average Bonchev–Trinajstić information content (AvgIpc) is 3.29. The van der Waals surface area contributed by atoms with Gasteiger partial charge in [-0.3, -0.25) is 14.6 Å². The van der Waals surface area contributed by atoms with Crippen LogP contribution in [0.2, 0.25) is 0 Å². The Morgan fingerprint density at radius 2 is 1.95 bits per heavy atom. The molecule has 0 aromatic heterocycles. The molecule has 1 N–H and O–H groups in total. The zero-order valence-electron chi connectivity index (χ0n) is 21.7. The van der Waals surface area contributed by atoms with E-state index in [9.17, 15) is 9.59 Å². The molecule has 2 aliphatic heterocycles. The number of thiocarbonyl (C=S) groups is 1. The van der Waals surface area contributed by atoms with Crippen molar-refractivity contribution in [3.63, 3.8) is 0 Å². The molecule has 0 radical (unpaired) electrons. The second kappa shape index (κ2) is 11.2. The lowest BCUT2D eigenvalue weighted by Gasteiger charge is -2.38.